The van der Waals surface area contributed by atoms with Crippen molar-refractivity contribution in [3.63, 3.8) is 0 Å². The molecule has 0 aromatic carbocycles. The first kappa shape index (κ1) is 12.3. The maximum atomic E-state index is 11.8. The summed E-state index contributed by atoms with van der Waals surface area (Å²) in [5, 5.41) is 0. The molecule has 6 heteroatoms. The van der Waals surface area contributed by atoms with E-state index in [-0.39, 0.29) is 18.6 Å². The maximum Gasteiger partial charge on any atom is 0.389 e. The monoisotopic (exact) mass is 284 g/mol. The molecule has 0 aliphatic carbocycles. The van der Waals surface area contributed by atoms with Gasteiger partial charge in [-0.3, -0.25) is 4.79 Å². The fraction of sp³-hybridized carbons (Fsp3) is 0.444. The van der Waals surface area contributed by atoms with Gasteiger partial charge in [-0.25, -0.2) is 0 Å². The molecule has 0 saturated carbocycles. The van der Waals surface area contributed by atoms with Gasteiger partial charge in [0.05, 0.1) is 0 Å². The van der Waals surface area contributed by atoms with Crippen LogP contribution in [0.15, 0.2) is 21.2 Å². The molecule has 1 heterocycles. The van der Waals surface area contributed by atoms with Gasteiger partial charge in [0.2, 0.25) is 0 Å². The molecule has 0 fully saturated rings. The first-order valence-corrected chi connectivity index (χ1v) is 5.03. The molecule has 0 bridgehead atoms. The third kappa shape index (κ3) is 4.51. The smallest absolute Gasteiger partial charge is 0.389 e. The van der Waals surface area contributed by atoms with E-state index >= 15 is 0 Å². The summed E-state index contributed by atoms with van der Waals surface area (Å²) >= 11 is 3.00. The zero-order chi connectivity index (χ0) is 11.5. The molecule has 2 nitrogen and oxygen atoms in total. The molecule has 0 saturated heterocycles. The van der Waals surface area contributed by atoms with Crippen molar-refractivity contribution in [2.45, 2.75) is 25.4 Å². The number of rotatable bonds is 4. The Kier molecular flexibility index (Phi) is 3.96. The normalized spacial score (nSPS) is 11.7. The molecule has 0 aliphatic rings. The van der Waals surface area contributed by atoms with Crippen molar-refractivity contribution < 1.29 is 22.4 Å². The standard InChI is InChI=1S/C9H8BrF3O2/c10-8-4-3-7(15-8)6(14)2-1-5-9(11,12)13/h3-4H,1-2,5H2. The highest BCUT2D eigenvalue weighted by Gasteiger charge is 2.26. The Balaban J connectivity index is 2.37. The van der Waals surface area contributed by atoms with Crippen molar-refractivity contribution in [1.29, 1.82) is 0 Å². The number of alkyl halides is 3. The summed E-state index contributed by atoms with van der Waals surface area (Å²) in [5.41, 5.74) is 0. The maximum absolute atomic E-state index is 11.8. The van der Waals surface area contributed by atoms with Gasteiger partial charge in [-0.15, -0.1) is 0 Å². The fourth-order valence-electron chi connectivity index (χ4n) is 1.04. The second-order valence-corrected chi connectivity index (χ2v) is 3.78. The minimum absolute atomic E-state index is 0.0871. The van der Waals surface area contributed by atoms with Crippen molar-refractivity contribution in [1.82, 2.24) is 0 Å². The Morgan fingerprint density at radius 1 is 1.40 bits per heavy atom. The molecule has 0 radical (unpaired) electrons. The van der Waals surface area contributed by atoms with Crippen LogP contribution >= 0.6 is 15.9 Å². The Bertz CT molecular complexity index is 343. The third-order valence-corrected chi connectivity index (χ3v) is 2.14. The summed E-state index contributed by atoms with van der Waals surface area (Å²) in [5.74, 6) is -0.325. The highest BCUT2D eigenvalue weighted by molar-refractivity contribution is 9.10. The lowest BCUT2D eigenvalue weighted by atomic mass is 10.1. The van der Waals surface area contributed by atoms with Crippen molar-refractivity contribution in [3.05, 3.63) is 22.6 Å². The Hall–Kier alpha value is -0.780. The lowest BCUT2D eigenvalue weighted by molar-refractivity contribution is -0.135. The van der Waals surface area contributed by atoms with Crippen molar-refractivity contribution in [2.24, 2.45) is 0 Å². The molecule has 1 aromatic heterocycles. The van der Waals surface area contributed by atoms with Gasteiger partial charge < -0.3 is 4.42 Å². The molecular formula is C9H8BrF3O2. The average Bonchev–Trinajstić information content (AvgIpc) is 2.49. The van der Waals surface area contributed by atoms with E-state index in [9.17, 15) is 18.0 Å². The minimum atomic E-state index is -4.20. The summed E-state index contributed by atoms with van der Waals surface area (Å²) in [6.07, 6.45) is -5.51. The SMILES string of the molecule is O=C(CCCC(F)(F)F)c1ccc(Br)o1. The van der Waals surface area contributed by atoms with Gasteiger partial charge >= 0.3 is 6.18 Å². The van der Waals surface area contributed by atoms with E-state index in [4.69, 9.17) is 4.42 Å². The van der Waals surface area contributed by atoms with Gasteiger partial charge in [0.15, 0.2) is 16.2 Å². The second kappa shape index (κ2) is 4.83. The molecule has 0 aliphatic heterocycles. The van der Waals surface area contributed by atoms with E-state index in [1.807, 2.05) is 0 Å². The molecule has 0 unspecified atom stereocenters. The first-order valence-electron chi connectivity index (χ1n) is 4.24. The number of hydrogen-bond acceptors (Lipinski definition) is 2. The predicted molar refractivity (Wildman–Crippen MR) is 50.6 cm³/mol. The average molecular weight is 285 g/mol. The van der Waals surface area contributed by atoms with Gasteiger partial charge in [0, 0.05) is 12.8 Å². The van der Waals surface area contributed by atoms with Crippen LogP contribution < -0.4 is 0 Å². The number of Topliss-reactive ketones (excluding diaryl/α,β-unsaturated/α-hetero) is 1. The van der Waals surface area contributed by atoms with E-state index < -0.39 is 18.4 Å². The molecule has 84 valence electrons. The van der Waals surface area contributed by atoms with E-state index in [0.29, 0.717) is 4.67 Å². The minimum Gasteiger partial charge on any atom is -0.446 e. The lowest BCUT2D eigenvalue weighted by Crippen LogP contribution is -2.08. The summed E-state index contributed by atoms with van der Waals surface area (Å²) in [6, 6.07) is 2.96. The lowest BCUT2D eigenvalue weighted by Gasteiger charge is -2.03. The van der Waals surface area contributed by atoms with E-state index in [1.165, 1.54) is 12.1 Å². The van der Waals surface area contributed by atoms with Gasteiger partial charge in [-0.1, -0.05) is 0 Å². The molecule has 0 spiro atoms. The van der Waals surface area contributed by atoms with Crippen molar-refractivity contribution in [2.75, 3.05) is 0 Å². The molecule has 15 heavy (non-hydrogen) atoms. The number of carbonyl (C=O) groups is 1. The summed E-state index contributed by atoms with van der Waals surface area (Å²) in [7, 11) is 0. The van der Waals surface area contributed by atoms with Gasteiger partial charge in [0.1, 0.15) is 0 Å². The van der Waals surface area contributed by atoms with Crippen LogP contribution in [-0.4, -0.2) is 12.0 Å². The molecule has 0 atom stereocenters. The van der Waals surface area contributed by atoms with Crippen LogP contribution in [0.3, 0.4) is 0 Å². The van der Waals surface area contributed by atoms with E-state index in [2.05, 4.69) is 15.9 Å². The third-order valence-electron chi connectivity index (χ3n) is 1.71. The molecule has 0 N–H and O–H groups in total. The zero-order valence-corrected chi connectivity index (χ0v) is 9.19. The number of halogens is 4. The Morgan fingerprint density at radius 3 is 2.53 bits per heavy atom. The molecule has 1 aromatic rings. The molecule has 1 rings (SSSR count). The number of ketones is 1. The first-order chi connectivity index (χ1) is 6.88. The number of carbonyl (C=O) groups excluding carboxylic acids is 1. The van der Waals surface area contributed by atoms with E-state index in [1.54, 1.807) is 0 Å². The summed E-state index contributed by atoms with van der Waals surface area (Å²) in [4.78, 5) is 11.3. The Labute approximate surface area is 92.6 Å². The van der Waals surface area contributed by atoms with Crippen LogP contribution in [0.4, 0.5) is 13.2 Å². The fourth-order valence-corrected chi connectivity index (χ4v) is 1.34. The topological polar surface area (TPSA) is 30.2 Å². The van der Waals surface area contributed by atoms with Gasteiger partial charge in [-0.2, -0.15) is 13.2 Å². The van der Waals surface area contributed by atoms with Crippen molar-refractivity contribution >= 4 is 21.7 Å². The quantitative estimate of drug-likeness (QED) is 0.784. The number of hydrogen-bond donors (Lipinski definition) is 0. The summed E-state index contributed by atoms with van der Waals surface area (Å²) in [6.45, 7) is 0. The van der Waals surface area contributed by atoms with Crippen LogP contribution in [0.2, 0.25) is 0 Å². The van der Waals surface area contributed by atoms with Crippen LogP contribution in [0, 0.1) is 0 Å². The largest absolute Gasteiger partial charge is 0.446 e. The highest BCUT2D eigenvalue weighted by atomic mass is 79.9. The molecular weight excluding hydrogens is 277 g/mol. The van der Waals surface area contributed by atoms with Crippen LogP contribution in [0.5, 0.6) is 0 Å². The second-order valence-electron chi connectivity index (χ2n) is 3.00. The number of furan rings is 1. The molecule has 0 amide bonds. The highest BCUT2D eigenvalue weighted by Crippen LogP contribution is 2.23. The van der Waals surface area contributed by atoms with Crippen LogP contribution in [0.1, 0.15) is 29.8 Å². The van der Waals surface area contributed by atoms with Gasteiger partial charge in [0.25, 0.3) is 0 Å². The van der Waals surface area contributed by atoms with Gasteiger partial charge in [-0.05, 0) is 34.5 Å². The predicted octanol–water partition coefficient (Wildman–Crippen LogP) is 3.96. The Morgan fingerprint density at radius 2 is 2.07 bits per heavy atom. The summed E-state index contributed by atoms with van der Waals surface area (Å²) < 4.78 is 40.6. The zero-order valence-electron chi connectivity index (χ0n) is 7.60. The van der Waals surface area contributed by atoms with Crippen LogP contribution in [0.25, 0.3) is 0 Å². The van der Waals surface area contributed by atoms with Crippen LogP contribution in [-0.2, 0) is 0 Å². The van der Waals surface area contributed by atoms with Crippen molar-refractivity contribution in [3.8, 4) is 0 Å². The van der Waals surface area contributed by atoms with E-state index in [0.717, 1.165) is 0 Å².